The Morgan fingerprint density at radius 2 is 1.52 bits per heavy atom. The monoisotopic (exact) mass is 435 g/mol. The van der Waals surface area contributed by atoms with Gasteiger partial charge in [-0.05, 0) is 31.4 Å². The molecule has 0 aromatic rings. The van der Waals surface area contributed by atoms with Gasteiger partial charge >= 0.3 is 0 Å². The molecule has 156 valence electrons. The van der Waals surface area contributed by atoms with E-state index >= 15 is 0 Å². The van der Waals surface area contributed by atoms with Crippen LogP contribution in [0.5, 0.6) is 0 Å². The standard InChI is InChI=1S/C18H25N7O2S2/c1-11(25-15(26)12-8-6-7-9-13(12)16(25)27)14(20-22-18(29)24(4)5)10-19-21-17(28)23(2)3/h6-13H,1-5H3,(H,21,28)(H,22,29)/b19-10-,20-14+. The summed E-state index contributed by atoms with van der Waals surface area (Å²) in [4.78, 5) is 30.3. The van der Waals surface area contributed by atoms with Crippen LogP contribution in [-0.4, -0.2) is 82.9 Å². The first-order valence-corrected chi connectivity index (χ1v) is 9.74. The van der Waals surface area contributed by atoms with Gasteiger partial charge in [0.25, 0.3) is 0 Å². The van der Waals surface area contributed by atoms with E-state index in [0.717, 1.165) is 0 Å². The summed E-state index contributed by atoms with van der Waals surface area (Å²) in [7, 11) is 7.11. The molecule has 1 saturated heterocycles. The second kappa shape index (κ2) is 9.70. The van der Waals surface area contributed by atoms with Crippen LogP contribution in [0.15, 0.2) is 34.5 Å². The fourth-order valence-electron chi connectivity index (χ4n) is 2.72. The van der Waals surface area contributed by atoms with E-state index in [1.807, 2.05) is 0 Å². The van der Waals surface area contributed by atoms with Crippen LogP contribution in [0.1, 0.15) is 6.92 Å². The maximum Gasteiger partial charge on any atom is 0.237 e. The van der Waals surface area contributed by atoms with Crippen molar-refractivity contribution in [3.63, 3.8) is 0 Å². The summed E-state index contributed by atoms with van der Waals surface area (Å²) in [6.45, 7) is 1.72. The van der Waals surface area contributed by atoms with Gasteiger partial charge in [-0.1, -0.05) is 24.3 Å². The minimum Gasteiger partial charge on any atom is -0.354 e. The molecule has 9 nitrogen and oxygen atoms in total. The number of hydrogen-bond acceptors (Lipinski definition) is 6. The lowest BCUT2D eigenvalue weighted by molar-refractivity contribution is -0.140. The van der Waals surface area contributed by atoms with Crippen molar-refractivity contribution in [2.75, 3.05) is 28.2 Å². The lowest BCUT2D eigenvalue weighted by atomic mass is 9.91. The third-order valence-electron chi connectivity index (χ3n) is 4.45. The zero-order valence-electron chi connectivity index (χ0n) is 17.0. The molecule has 2 amide bonds. The van der Waals surface area contributed by atoms with Crippen molar-refractivity contribution < 1.29 is 9.59 Å². The molecule has 3 atom stereocenters. The number of hydrazone groups is 2. The summed E-state index contributed by atoms with van der Waals surface area (Å²) >= 11 is 10.3. The number of amides is 2. The normalized spacial score (nSPS) is 22.0. The molecule has 11 heteroatoms. The van der Waals surface area contributed by atoms with E-state index in [1.54, 1.807) is 69.2 Å². The van der Waals surface area contributed by atoms with Crippen LogP contribution in [-0.2, 0) is 9.59 Å². The fourth-order valence-corrected chi connectivity index (χ4v) is 2.82. The Bertz CT molecular complexity index is 787. The van der Waals surface area contributed by atoms with E-state index in [0.29, 0.717) is 15.9 Å². The highest BCUT2D eigenvalue weighted by Gasteiger charge is 2.48. The smallest absolute Gasteiger partial charge is 0.237 e. The summed E-state index contributed by atoms with van der Waals surface area (Å²) in [5.74, 6) is -1.49. The minimum absolute atomic E-state index is 0.263. The number of thiocarbonyl (C=S) groups is 2. The van der Waals surface area contributed by atoms with Crippen molar-refractivity contribution in [3.8, 4) is 0 Å². The predicted molar refractivity (Wildman–Crippen MR) is 121 cm³/mol. The molecule has 29 heavy (non-hydrogen) atoms. The summed E-state index contributed by atoms with van der Waals surface area (Å²) in [6, 6.07) is -0.654. The second-order valence-electron chi connectivity index (χ2n) is 6.96. The molecule has 1 heterocycles. The van der Waals surface area contributed by atoms with Gasteiger partial charge in [-0.2, -0.15) is 10.2 Å². The van der Waals surface area contributed by atoms with Crippen molar-refractivity contribution >= 4 is 58.4 Å². The van der Waals surface area contributed by atoms with Crippen LogP contribution in [0.2, 0.25) is 0 Å². The Hall–Kier alpha value is -2.66. The van der Waals surface area contributed by atoms with Crippen LogP contribution in [0.3, 0.4) is 0 Å². The number of nitrogens with one attached hydrogen (secondary N) is 2. The first-order valence-electron chi connectivity index (χ1n) is 8.92. The third-order valence-corrected chi connectivity index (χ3v) is 5.36. The highest BCUT2D eigenvalue weighted by molar-refractivity contribution is 7.80. The summed E-state index contributed by atoms with van der Waals surface area (Å²) in [6.07, 6.45) is 8.47. The average molecular weight is 436 g/mol. The van der Waals surface area contributed by atoms with Gasteiger partial charge in [0.05, 0.1) is 24.1 Å². The van der Waals surface area contributed by atoms with Gasteiger partial charge in [0, 0.05) is 28.2 Å². The molecule has 0 aromatic heterocycles. The van der Waals surface area contributed by atoms with Gasteiger partial charge < -0.3 is 9.80 Å². The van der Waals surface area contributed by atoms with E-state index in [9.17, 15) is 9.59 Å². The molecule has 3 unspecified atom stereocenters. The minimum atomic E-state index is -0.654. The molecular weight excluding hydrogens is 410 g/mol. The van der Waals surface area contributed by atoms with Gasteiger partial charge in [-0.15, -0.1) is 0 Å². The largest absolute Gasteiger partial charge is 0.354 e. The number of hydrogen-bond donors (Lipinski definition) is 2. The molecule has 0 bridgehead atoms. The molecule has 1 fully saturated rings. The number of carbonyl (C=O) groups is 2. The maximum atomic E-state index is 12.8. The molecule has 2 aliphatic rings. The molecular formula is C18H25N7O2S2. The molecule has 2 rings (SSSR count). The Balaban J connectivity index is 2.26. The molecule has 1 aliphatic carbocycles. The van der Waals surface area contributed by atoms with E-state index in [2.05, 4.69) is 21.1 Å². The number of rotatable bonds is 5. The van der Waals surface area contributed by atoms with Crippen molar-refractivity contribution in [1.29, 1.82) is 0 Å². The quantitative estimate of drug-likeness (QED) is 0.276. The van der Waals surface area contributed by atoms with Crippen LogP contribution in [0.4, 0.5) is 0 Å². The Morgan fingerprint density at radius 3 is 2.00 bits per heavy atom. The Morgan fingerprint density at radius 1 is 1.03 bits per heavy atom. The van der Waals surface area contributed by atoms with Gasteiger partial charge in [-0.3, -0.25) is 25.3 Å². The van der Waals surface area contributed by atoms with E-state index in [1.165, 1.54) is 11.1 Å². The predicted octanol–water partition coefficient (Wildman–Crippen LogP) is 0.316. The first kappa shape index (κ1) is 22.6. The number of nitrogens with zero attached hydrogens (tertiary/aromatic N) is 5. The fraction of sp³-hybridized carbons (Fsp3) is 0.444. The zero-order chi connectivity index (χ0) is 21.7. The van der Waals surface area contributed by atoms with E-state index in [4.69, 9.17) is 24.4 Å². The summed E-state index contributed by atoms with van der Waals surface area (Å²) in [5.41, 5.74) is 5.79. The lowest BCUT2D eigenvalue weighted by Crippen LogP contribution is -2.45. The van der Waals surface area contributed by atoms with Gasteiger partial charge in [0.1, 0.15) is 5.71 Å². The molecule has 0 saturated carbocycles. The number of carbonyl (C=O) groups excluding carboxylic acids is 2. The van der Waals surface area contributed by atoms with Gasteiger partial charge in [0.2, 0.25) is 11.8 Å². The van der Waals surface area contributed by atoms with Crippen LogP contribution in [0.25, 0.3) is 0 Å². The molecule has 2 N–H and O–H groups in total. The van der Waals surface area contributed by atoms with Crippen molar-refractivity contribution in [2.45, 2.75) is 13.0 Å². The summed E-state index contributed by atoms with van der Waals surface area (Å²) in [5, 5.41) is 9.14. The average Bonchev–Trinajstić information content (AvgIpc) is 2.94. The Kier molecular flexibility index (Phi) is 7.57. The highest BCUT2D eigenvalue weighted by atomic mass is 32.1. The first-order chi connectivity index (χ1) is 13.6. The van der Waals surface area contributed by atoms with Gasteiger partial charge in [0.15, 0.2) is 10.2 Å². The van der Waals surface area contributed by atoms with E-state index < -0.39 is 17.9 Å². The highest BCUT2D eigenvalue weighted by Crippen LogP contribution is 2.32. The topological polar surface area (TPSA) is 92.6 Å². The zero-order valence-corrected chi connectivity index (χ0v) is 18.6. The number of likely N-dealkylation sites (tertiary alicyclic amines) is 1. The molecule has 0 spiro atoms. The number of imide groups is 1. The second-order valence-corrected chi connectivity index (χ2v) is 7.73. The Labute approximate surface area is 181 Å². The SMILES string of the molecule is CC(C(/C=N\NC(=S)N(C)C)=N/NC(=S)N(C)C)N1C(=O)C2C=CC=CC2C1=O. The number of allylic oxidation sites excluding steroid dienone is 2. The third kappa shape index (κ3) is 5.24. The molecule has 1 aliphatic heterocycles. The molecule has 0 aromatic carbocycles. The van der Waals surface area contributed by atoms with Crippen molar-refractivity contribution in [3.05, 3.63) is 24.3 Å². The number of fused-ring (bicyclic) bond motifs is 1. The van der Waals surface area contributed by atoms with Crippen molar-refractivity contribution in [2.24, 2.45) is 22.0 Å². The maximum absolute atomic E-state index is 12.8. The lowest BCUT2D eigenvalue weighted by Gasteiger charge is -2.23. The van der Waals surface area contributed by atoms with Crippen LogP contribution >= 0.6 is 24.4 Å². The van der Waals surface area contributed by atoms with E-state index in [-0.39, 0.29) is 11.8 Å². The summed E-state index contributed by atoms with van der Waals surface area (Å²) < 4.78 is 0. The van der Waals surface area contributed by atoms with Crippen LogP contribution in [0, 0.1) is 11.8 Å². The van der Waals surface area contributed by atoms with Crippen molar-refractivity contribution in [1.82, 2.24) is 25.6 Å². The van der Waals surface area contributed by atoms with Gasteiger partial charge in [-0.25, -0.2) is 0 Å². The van der Waals surface area contributed by atoms with Crippen LogP contribution < -0.4 is 10.9 Å². The molecule has 0 radical (unpaired) electrons.